The molecule has 1 aromatic carbocycles. The summed E-state index contributed by atoms with van der Waals surface area (Å²) in [4.78, 5) is 25.3. The molecule has 0 atom stereocenters. The maximum Gasteiger partial charge on any atom is 0.229 e. The van der Waals surface area contributed by atoms with Crippen LogP contribution in [0.2, 0.25) is 0 Å². The number of nitrogens with one attached hydrogen (secondary N) is 2. The van der Waals surface area contributed by atoms with Crippen LogP contribution in [0.5, 0.6) is 0 Å². The molecule has 0 fully saturated rings. The molecule has 0 saturated carbocycles. The molecular weight excluding hydrogens is 266 g/mol. The SMILES string of the molecule is Cc1cccc(CNC(=O)CC(=O)NCCCN(C)C)c1. The van der Waals surface area contributed by atoms with Crippen LogP contribution >= 0.6 is 0 Å². The molecule has 0 aromatic heterocycles. The zero-order valence-electron chi connectivity index (χ0n) is 13.1. The summed E-state index contributed by atoms with van der Waals surface area (Å²) < 4.78 is 0. The number of carbonyl (C=O) groups excluding carboxylic acids is 2. The van der Waals surface area contributed by atoms with E-state index in [1.54, 1.807) is 0 Å². The summed E-state index contributed by atoms with van der Waals surface area (Å²) >= 11 is 0. The molecule has 2 N–H and O–H groups in total. The number of nitrogens with zero attached hydrogens (tertiary/aromatic N) is 1. The first-order valence-corrected chi connectivity index (χ1v) is 7.21. The van der Waals surface area contributed by atoms with Crippen LogP contribution in [0, 0.1) is 6.92 Å². The molecule has 116 valence electrons. The third kappa shape index (κ3) is 8.09. The molecule has 5 heteroatoms. The summed E-state index contributed by atoms with van der Waals surface area (Å²) in [6.07, 6.45) is 0.761. The Morgan fingerprint density at radius 3 is 2.52 bits per heavy atom. The zero-order chi connectivity index (χ0) is 15.7. The standard InChI is InChI=1S/C16H25N3O2/c1-13-6-4-7-14(10-13)12-18-16(21)11-15(20)17-8-5-9-19(2)3/h4,6-7,10H,5,8-9,11-12H2,1-3H3,(H,17,20)(H,18,21). The van der Waals surface area contributed by atoms with Gasteiger partial charge in [-0.15, -0.1) is 0 Å². The van der Waals surface area contributed by atoms with Gasteiger partial charge in [-0.05, 0) is 39.5 Å². The predicted octanol–water partition coefficient (Wildman–Crippen LogP) is 1.07. The van der Waals surface area contributed by atoms with Crippen LogP contribution in [0.4, 0.5) is 0 Å². The molecular formula is C16H25N3O2. The van der Waals surface area contributed by atoms with Gasteiger partial charge < -0.3 is 15.5 Å². The van der Waals surface area contributed by atoms with Crippen molar-refractivity contribution in [2.75, 3.05) is 27.2 Å². The summed E-state index contributed by atoms with van der Waals surface area (Å²) in [5, 5.41) is 5.51. The first-order chi connectivity index (χ1) is 9.97. The fourth-order valence-electron chi connectivity index (χ4n) is 1.92. The van der Waals surface area contributed by atoms with E-state index in [9.17, 15) is 9.59 Å². The van der Waals surface area contributed by atoms with Crippen LogP contribution in [0.3, 0.4) is 0 Å². The van der Waals surface area contributed by atoms with Gasteiger partial charge in [-0.2, -0.15) is 0 Å². The van der Waals surface area contributed by atoms with E-state index in [0.717, 1.165) is 24.1 Å². The maximum atomic E-state index is 11.7. The third-order valence-electron chi connectivity index (χ3n) is 3.00. The Labute approximate surface area is 126 Å². The van der Waals surface area contributed by atoms with Crippen molar-refractivity contribution in [1.82, 2.24) is 15.5 Å². The van der Waals surface area contributed by atoms with E-state index in [2.05, 4.69) is 15.5 Å². The van der Waals surface area contributed by atoms with E-state index in [1.807, 2.05) is 45.3 Å². The van der Waals surface area contributed by atoms with Crippen LogP contribution in [-0.2, 0) is 16.1 Å². The summed E-state index contributed by atoms with van der Waals surface area (Å²) in [6.45, 7) is 3.98. The highest BCUT2D eigenvalue weighted by Crippen LogP contribution is 2.03. The fourth-order valence-corrected chi connectivity index (χ4v) is 1.92. The molecule has 21 heavy (non-hydrogen) atoms. The first kappa shape index (κ1) is 17.2. The number of aryl methyl sites for hydroxylation is 1. The van der Waals surface area contributed by atoms with Crippen molar-refractivity contribution in [1.29, 1.82) is 0 Å². The average Bonchev–Trinajstić information content (AvgIpc) is 2.41. The second-order valence-corrected chi connectivity index (χ2v) is 5.45. The highest BCUT2D eigenvalue weighted by molar-refractivity contribution is 5.96. The second kappa shape index (κ2) is 9.13. The molecule has 1 rings (SSSR count). The Hall–Kier alpha value is -1.88. The average molecular weight is 291 g/mol. The lowest BCUT2D eigenvalue weighted by Gasteiger charge is -2.10. The van der Waals surface area contributed by atoms with E-state index in [1.165, 1.54) is 0 Å². The molecule has 0 aliphatic carbocycles. The monoisotopic (exact) mass is 291 g/mol. The summed E-state index contributed by atoms with van der Waals surface area (Å²) in [6, 6.07) is 7.93. The predicted molar refractivity (Wildman–Crippen MR) is 83.8 cm³/mol. The van der Waals surface area contributed by atoms with Gasteiger partial charge in [0.25, 0.3) is 0 Å². The molecule has 2 amide bonds. The Morgan fingerprint density at radius 2 is 1.86 bits per heavy atom. The quantitative estimate of drug-likeness (QED) is 0.556. The molecule has 0 heterocycles. The van der Waals surface area contributed by atoms with Gasteiger partial charge in [0, 0.05) is 13.1 Å². The van der Waals surface area contributed by atoms with Crippen molar-refractivity contribution in [3.63, 3.8) is 0 Å². The topological polar surface area (TPSA) is 61.4 Å². The van der Waals surface area contributed by atoms with Crippen molar-refractivity contribution in [3.8, 4) is 0 Å². The minimum atomic E-state index is -0.249. The highest BCUT2D eigenvalue weighted by Gasteiger charge is 2.08. The molecule has 0 saturated heterocycles. The van der Waals surface area contributed by atoms with Crippen LogP contribution in [-0.4, -0.2) is 43.9 Å². The fraction of sp³-hybridized carbons (Fsp3) is 0.500. The van der Waals surface area contributed by atoms with Gasteiger partial charge in [-0.25, -0.2) is 0 Å². The smallest absolute Gasteiger partial charge is 0.229 e. The molecule has 0 aliphatic heterocycles. The van der Waals surface area contributed by atoms with Gasteiger partial charge in [0.2, 0.25) is 11.8 Å². The number of hydrogen-bond donors (Lipinski definition) is 2. The van der Waals surface area contributed by atoms with Crippen LogP contribution < -0.4 is 10.6 Å². The Bertz CT molecular complexity index is 472. The summed E-state index contributed by atoms with van der Waals surface area (Å²) in [5.74, 6) is -0.475. The number of amides is 2. The second-order valence-electron chi connectivity index (χ2n) is 5.45. The highest BCUT2D eigenvalue weighted by atomic mass is 16.2. The van der Waals surface area contributed by atoms with Crippen molar-refractivity contribution >= 4 is 11.8 Å². The Morgan fingerprint density at radius 1 is 1.14 bits per heavy atom. The van der Waals surface area contributed by atoms with E-state index in [4.69, 9.17) is 0 Å². The van der Waals surface area contributed by atoms with Crippen molar-refractivity contribution in [2.45, 2.75) is 26.3 Å². The summed E-state index contributed by atoms with van der Waals surface area (Å²) in [7, 11) is 3.97. The van der Waals surface area contributed by atoms with E-state index < -0.39 is 0 Å². The van der Waals surface area contributed by atoms with Crippen LogP contribution in [0.15, 0.2) is 24.3 Å². The van der Waals surface area contributed by atoms with E-state index in [0.29, 0.717) is 13.1 Å². The van der Waals surface area contributed by atoms with Gasteiger partial charge in [-0.1, -0.05) is 29.8 Å². The van der Waals surface area contributed by atoms with E-state index in [-0.39, 0.29) is 18.2 Å². The lowest BCUT2D eigenvalue weighted by Crippen LogP contribution is -2.33. The number of benzene rings is 1. The normalized spacial score (nSPS) is 10.5. The van der Waals surface area contributed by atoms with E-state index >= 15 is 0 Å². The third-order valence-corrected chi connectivity index (χ3v) is 3.00. The minimum absolute atomic E-state index is 0.117. The van der Waals surface area contributed by atoms with Gasteiger partial charge in [0.1, 0.15) is 6.42 Å². The maximum absolute atomic E-state index is 11.7. The van der Waals surface area contributed by atoms with Crippen molar-refractivity contribution in [3.05, 3.63) is 35.4 Å². The van der Waals surface area contributed by atoms with Gasteiger partial charge in [-0.3, -0.25) is 9.59 Å². The number of rotatable bonds is 8. The molecule has 0 spiro atoms. The molecule has 0 bridgehead atoms. The lowest BCUT2D eigenvalue weighted by atomic mass is 10.1. The molecule has 5 nitrogen and oxygen atoms in total. The lowest BCUT2D eigenvalue weighted by molar-refractivity contribution is -0.129. The molecule has 0 aliphatic rings. The molecule has 1 aromatic rings. The van der Waals surface area contributed by atoms with Crippen molar-refractivity contribution < 1.29 is 9.59 Å². The molecule has 0 radical (unpaired) electrons. The van der Waals surface area contributed by atoms with Gasteiger partial charge >= 0.3 is 0 Å². The first-order valence-electron chi connectivity index (χ1n) is 7.21. The summed E-state index contributed by atoms with van der Waals surface area (Å²) in [5.41, 5.74) is 2.19. The number of carbonyl (C=O) groups is 2. The molecule has 0 unspecified atom stereocenters. The van der Waals surface area contributed by atoms with Gasteiger partial charge in [0.05, 0.1) is 0 Å². The Kier molecular flexibility index (Phi) is 7.46. The number of hydrogen-bond acceptors (Lipinski definition) is 3. The van der Waals surface area contributed by atoms with Crippen LogP contribution in [0.1, 0.15) is 24.0 Å². The minimum Gasteiger partial charge on any atom is -0.356 e. The zero-order valence-corrected chi connectivity index (χ0v) is 13.1. The Balaban J connectivity index is 2.19. The van der Waals surface area contributed by atoms with Gasteiger partial charge in [0.15, 0.2) is 0 Å². The van der Waals surface area contributed by atoms with Crippen LogP contribution in [0.25, 0.3) is 0 Å². The van der Waals surface area contributed by atoms with Crippen molar-refractivity contribution in [2.24, 2.45) is 0 Å². The largest absolute Gasteiger partial charge is 0.356 e.